The second-order valence-corrected chi connectivity index (χ2v) is 7.94. The maximum Gasteiger partial charge on any atom is 0.214 e. The Bertz CT molecular complexity index is 982. The van der Waals surface area contributed by atoms with E-state index in [1.807, 2.05) is 18.2 Å². The van der Waals surface area contributed by atoms with Crippen LogP contribution < -0.4 is 4.74 Å². The average Bonchev–Trinajstić information content (AvgIpc) is 3.32. The molecule has 0 aliphatic carbocycles. The number of hydrogen-bond acceptors (Lipinski definition) is 4. The molecule has 2 aromatic carbocycles. The van der Waals surface area contributed by atoms with Gasteiger partial charge in [-0.25, -0.2) is 5.01 Å². The van der Waals surface area contributed by atoms with Crippen LogP contribution in [0.1, 0.15) is 40.9 Å². The quantitative estimate of drug-likeness (QED) is 0.548. The van der Waals surface area contributed by atoms with Gasteiger partial charge in [-0.1, -0.05) is 41.4 Å². The van der Waals surface area contributed by atoms with Crippen LogP contribution in [-0.4, -0.2) is 10.7 Å². The first-order valence-electron chi connectivity index (χ1n) is 8.60. The molecule has 2 aliphatic heterocycles. The van der Waals surface area contributed by atoms with Crippen molar-refractivity contribution in [2.24, 2.45) is 5.10 Å². The molecular formula is C21H17ClN2OS. The van der Waals surface area contributed by atoms with Crippen LogP contribution in [0, 0.1) is 6.92 Å². The van der Waals surface area contributed by atoms with E-state index >= 15 is 0 Å². The topological polar surface area (TPSA) is 24.8 Å². The monoisotopic (exact) mass is 380 g/mol. The highest BCUT2D eigenvalue weighted by Crippen LogP contribution is 2.48. The largest absolute Gasteiger partial charge is 0.464 e. The Labute approximate surface area is 161 Å². The van der Waals surface area contributed by atoms with Crippen molar-refractivity contribution < 1.29 is 4.74 Å². The number of hydrazone groups is 1. The number of benzene rings is 2. The van der Waals surface area contributed by atoms with Crippen molar-refractivity contribution >= 4 is 28.6 Å². The zero-order valence-electron chi connectivity index (χ0n) is 14.2. The van der Waals surface area contributed by atoms with Gasteiger partial charge >= 0.3 is 0 Å². The minimum Gasteiger partial charge on any atom is -0.464 e. The van der Waals surface area contributed by atoms with Gasteiger partial charge in [-0.3, -0.25) is 0 Å². The fraction of sp³-hybridized carbons (Fsp3) is 0.190. The summed E-state index contributed by atoms with van der Waals surface area (Å²) >= 11 is 7.94. The lowest BCUT2D eigenvalue weighted by Gasteiger charge is -2.37. The zero-order chi connectivity index (χ0) is 17.7. The summed E-state index contributed by atoms with van der Waals surface area (Å²) in [4.78, 5) is 0. The van der Waals surface area contributed by atoms with Gasteiger partial charge < -0.3 is 4.74 Å². The smallest absolute Gasteiger partial charge is 0.214 e. The summed E-state index contributed by atoms with van der Waals surface area (Å²) in [5, 5.41) is 12.0. The maximum absolute atomic E-state index is 6.32. The van der Waals surface area contributed by atoms with E-state index in [-0.39, 0.29) is 12.3 Å². The number of nitrogens with zero attached hydrogens (tertiary/aromatic N) is 2. The third kappa shape index (κ3) is 2.61. The molecule has 0 unspecified atom stereocenters. The zero-order valence-corrected chi connectivity index (χ0v) is 15.8. The van der Waals surface area contributed by atoms with Crippen LogP contribution in [0.4, 0.5) is 0 Å². The molecular weight excluding hydrogens is 364 g/mol. The van der Waals surface area contributed by atoms with Gasteiger partial charge in [0.25, 0.3) is 0 Å². The van der Waals surface area contributed by atoms with Crippen molar-refractivity contribution in [3.05, 3.63) is 86.6 Å². The van der Waals surface area contributed by atoms with Gasteiger partial charge in [0.1, 0.15) is 5.75 Å². The molecule has 0 N–H and O–H groups in total. The summed E-state index contributed by atoms with van der Waals surface area (Å²) in [6.07, 6.45) is 0.642. The van der Waals surface area contributed by atoms with Gasteiger partial charge in [-0.2, -0.15) is 16.4 Å². The second-order valence-electron chi connectivity index (χ2n) is 6.72. The minimum absolute atomic E-state index is 0.138. The van der Waals surface area contributed by atoms with E-state index in [0.717, 1.165) is 39.6 Å². The highest BCUT2D eigenvalue weighted by molar-refractivity contribution is 7.07. The summed E-state index contributed by atoms with van der Waals surface area (Å²) in [5.41, 5.74) is 5.75. The van der Waals surface area contributed by atoms with Gasteiger partial charge in [0, 0.05) is 22.6 Å². The molecule has 0 fully saturated rings. The molecule has 130 valence electrons. The van der Waals surface area contributed by atoms with E-state index in [9.17, 15) is 0 Å². The molecule has 5 heteroatoms. The van der Waals surface area contributed by atoms with E-state index in [2.05, 4.69) is 53.0 Å². The van der Waals surface area contributed by atoms with Crippen LogP contribution in [-0.2, 0) is 0 Å². The first-order chi connectivity index (χ1) is 12.7. The van der Waals surface area contributed by atoms with Gasteiger partial charge in [0.15, 0.2) is 0 Å². The molecule has 0 saturated heterocycles. The molecule has 0 bridgehead atoms. The first-order valence-corrected chi connectivity index (χ1v) is 9.92. The van der Waals surface area contributed by atoms with Crippen molar-refractivity contribution in [2.45, 2.75) is 25.6 Å². The molecule has 2 aliphatic rings. The lowest BCUT2D eigenvalue weighted by atomic mass is 9.96. The summed E-state index contributed by atoms with van der Waals surface area (Å²) in [6.45, 7) is 2.10. The Morgan fingerprint density at radius 3 is 2.77 bits per heavy atom. The van der Waals surface area contributed by atoms with Gasteiger partial charge in [0.2, 0.25) is 6.23 Å². The average molecular weight is 381 g/mol. The highest BCUT2D eigenvalue weighted by atomic mass is 35.5. The van der Waals surface area contributed by atoms with E-state index in [4.69, 9.17) is 21.4 Å². The minimum atomic E-state index is -0.206. The number of fused-ring (bicyclic) bond motifs is 3. The number of ether oxygens (including phenoxy) is 1. The number of thiophene rings is 1. The Kier molecular flexibility index (Phi) is 3.76. The number of aryl methyl sites for hydroxylation is 1. The van der Waals surface area contributed by atoms with Gasteiger partial charge in [-0.15, -0.1) is 0 Å². The molecule has 1 aromatic heterocycles. The van der Waals surface area contributed by atoms with E-state index in [0.29, 0.717) is 0 Å². The van der Waals surface area contributed by atoms with Gasteiger partial charge in [0.05, 0.1) is 11.8 Å². The van der Waals surface area contributed by atoms with Crippen molar-refractivity contribution in [2.75, 3.05) is 0 Å². The summed E-state index contributed by atoms with van der Waals surface area (Å²) in [7, 11) is 0. The van der Waals surface area contributed by atoms with Crippen LogP contribution >= 0.6 is 22.9 Å². The molecule has 3 aromatic rings. The Hall–Kier alpha value is -2.30. The molecule has 3 nitrogen and oxygen atoms in total. The normalized spacial score (nSPS) is 21.0. The molecule has 0 radical (unpaired) electrons. The molecule has 0 amide bonds. The van der Waals surface area contributed by atoms with Gasteiger partial charge in [-0.05, 0) is 47.5 Å². The number of hydrogen-bond donors (Lipinski definition) is 0. The molecule has 0 saturated carbocycles. The molecule has 0 spiro atoms. The standard InChI is InChI=1S/C21H17ClN2OS/c1-13-2-4-14(5-3-13)18-11-19-17-10-16(22)6-7-20(17)25-21(24(19)23-18)15-8-9-26-12-15/h2-10,12,19,21H,11H2,1H3/t19-,21+/m0/s1. The fourth-order valence-electron chi connectivity index (χ4n) is 3.61. The summed E-state index contributed by atoms with van der Waals surface area (Å²) < 4.78 is 6.32. The van der Waals surface area contributed by atoms with Crippen LogP contribution in [0.3, 0.4) is 0 Å². The Balaban J connectivity index is 1.60. The second kappa shape index (κ2) is 6.15. The van der Waals surface area contributed by atoms with Crippen LogP contribution in [0.2, 0.25) is 5.02 Å². The fourth-order valence-corrected chi connectivity index (χ4v) is 4.46. The van der Waals surface area contributed by atoms with Crippen LogP contribution in [0.25, 0.3) is 0 Å². The third-order valence-electron chi connectivity index (χ3n) is 4.97. The summed E-state index contributed by atoms with van der Waals surface area (Å²) in [5.74, 6) is 0.896. The van der Waals surface area contributed by atoms with Crippen LogP contribution in [0.15, 0.2) is 64.4 Å². The van der Waals surface area contributed by atoms with E-state index < -0.39 is 0 Å². The van der Waals surface area contributed by atoms with Crippen molar-refractivity contribution in [3.8, 4) is 5.75 Å². The van der Waals surface area contributed by atoms with Crippen LogP contribution in [0.5, 0.6) is 5.75 Å². The Morgan fingerprint density at radius 1 is 1.15 bits per heavy atom. The molecule has 26 heavy (non-hydrogen) atoms. The van der Waals surface area contributed by atoms with E-state index in [1.165, 1.54) is 5.56 Å². The predicted octanol–water partition coefficient (Wildman–Crippen LogP) is 5.95. The lowest BCUT2D eigenvalue weighted by Crippen LogP contribution is -2.33. The first kappa shape index (κ1) is 15.9. The highest BCUT2D eigenvalue weighted by Gasteiger charge is 2.41. The maximum atomic E-state index is 6.32. The van der Waals surface area contributed by atoms with Crippen molar-refractivity contribution in [1.82, 2.24) is 5.01 Å². The molecule has 2 atom stereocenters. The molecule has 3 heterocycles. The number of rotatable bonds is 2. The SMILES string of the molecule is Cc1ccc(C2=NN3[C@@H](c4ccsc4)Oc4ccc(Cl)cc4[C@@H]3C2)cc1. The predicted molar refractivity (Wildman–Crippen MR) is 106 cm³/mol. The summed E-state index contributed by atoms with van der Waals surface area (Å²) in [6, 6.07) is 16.7. The van der Waals surface area contributed by atoms with Crippen molar-refractivity contribution in [3.63, 3.8) is 0 Å². The Morgan fingerprint density at radius 2 is 2.00 bits per heavy atom. The van der Waals surface area contributed by atoms with Crippen molar-refractivity contribution in [1.29, 1.82) is 0 Å². The van der Waals surface area contributed by atoms with E-state index in [1.54, 1.807) is 11.3 Å². The third-order valence-corrected chi connectivity index (χ3v) is 5.90. The lowest BCUT2D eigenvalue weighted by molar-refractivity contribution is -0.0187. The number of halogens is 1. The molecule has 5 rings (SSSR count).